The van der Waals surface area contributed by atoms with Gasteiger partial charge in [0.1, 0.15) is 11.7 Å². The predicted octanol–water partition coefficient (Wildman–Crippen LogP) is 0.0840. The van der Waals surface area contributed by atoms with Crippen molar-refractivity contribution in [3.63, 3.8) is 0 Å². The lowest BCUT2D eigenvalue weighted by atomic mass is 10.1. The maximum absolute atomic E-state index is 11.7. The van der Waals surface area contributed by atoms with E-state index in [4.69, 9.17) is 0 Å². The number of hydrogen-bond acceptors (Lipinski definition) is 5. The van der Waals surface area contributed by atoms with Crippen molar-refractivity contribution in [2.45, 2.75) is 11.7 Å². The average Bonchev–Trinajstić information content (AvgIpc) is 2.37. The minimum atomic E-state index is -4.54. The number of benzene rings is 1. The number of barbiturate groups is 1. The van der Waals surface area contributed by atoms with E-state index in [-0.39, 0.29) is 5.56 Å². The second kappa shape index (κ2) is 5.62. The Balaban J connectivity index is 2.30. The van der Waals surface area contributed by atoms with Gasteiger partial charge < -0.3 is 0 Å². The van der Waals surface area contributed by atoms with Gasteiger partial charge in [0.15, 0.2) is 0 Å². The van der Waals surface area contributed by atoms with E-state index in [1.54, 1.807) is 18.2 Å². The van der Waals surface area contributed by atoms with Gasteiger partial charge in [-0.05, 0) is 5.56 Å². The first-order valence-corrected chi connectivity index (χ1v) is 7.45. The molecule has 1 aromatic carbocycles. The highest BCUT2D eigenvalue weighted by Gasteiger charge is 2.36. The molecule has 2 N–H and O–H groups in total. The van der Waals surface area contributed by atoms with Gasteiger partial charge in [-0.25, -0.2) is 4.79 Å². The highest BCUT2D eigenvalue weighted by atomic mass is 32.2. The van der Waals surface area contributed by atoms with Crippen LogP contribution in [0, 0.1) is 0 Å². The summed E-state index contributed by atoms with van der Waals surface area (Å²) in [5.74, 6) is -1.56. The molecule has 0 spiro atoms. The van der Waals surface area contributed by atoms with E-state index in [0.29, 0.717) is 4.90 Å². The van der Waals surface area contributed by atoms with Crippen LogP contribution >= 0.6 is 0 Å². The minimum absolute atomic E-state index is 0.234. The van der Waals surface area contributed by atoms with E-state index in [2.05, 4.69) is 0 Å². The number of hydrogen-bond donors (Lipinski definition) is 2. The summed E-state index contributed by atoms with van der Waals surface area (Å²) >= 11 is 0. The van der Waals surface area contributed by atoms with Crippen LogP contribution in [-0.2, 0) is 19.7 Å². The molecule has 0 saturated carbocycles. The SMILES string of the molecule is O=C1CC(=O)N(CC(c2ccccc2)S(=O)(=O)O)C(=O)N1. The number of imide groups is 2. The number of rotatable bonds is 4. The molecule has 2 rings (SSSR count). The number of nitrogens with zero attached hydrogens (tertiary/aromatic N) is 1. The Bertz CT molecular complexity index is 665. The molecule has 1 aliphatic rings. The van der Waals surface area contributed by atoms with Crippen LogP contribution in [0.3, 0.4) is 0 Å². The highest BCUT2D eigenvalue weighted by Crippen LogP contribution is 2.23. The molecule has 1 atom stereocenters. The fourth-order valence-corrected chi connectivity index (χ4v) is 2.81. The van der Waals surface area contributed by atoms with Gasteiger partial charge in [-0.1, -0.05) is 30.3 Å². The molecule has 0 aromatic heterocycles. The molecule has 1 saturated heterocycles. The Morgan fingerprint density at radius 2 is 1.81 bits per heavy atom. The van der Waals surface area contributed by atoms with Crippen LogP contribution in [-0.4, -0.2) is 42.3 Å². The Kier molecular flexibility index (Phi) is 4.05. The molecule has 0 aliphatic carbocycles. The summed E-state index contributed by atoms with van der Waals surface area (Å²) in [6.07, 6.45) is -0.543. The third kappa shape index (κ3) is 3.44. The van der Waals surface area contributed by atoms with Crippen LogP contribution in [0.4, 0.5) is 4.79 Å². The first kappa shape index (κ1) is 15.1. The van der Waals surface area contributed by atoms with Gasteiger partial charge in [0.05, 0.1) is 6.54 Å². The zero-order valence-electron chi connectivity index (χ0n) is 10.7. The molecule has 112 valence electrons. The van der Waals surface area contributed by atoms with Crippen molar-refractivity contribution in [3.05, 3.63) is 35.9 Å². The van der Waals surface area contributed by atoms with Gasteiger partial charge in [0.2, 0.25) is 11.8 Å². The Morgan fingerprint density at radius 3 is 2.33 bits per heavy atom. The summed E-state index contributed by atoms with van der Waals surface area (Å²) in [6, 6.07) is 6.69. The van der Waals surface area contributed by atoms with Crippen molar-refractivity contribution < 1.29 is 27.4 Å². The quantitative estimate of drug-likeness (QED) is 0.600. The van der Waals surface area contributed by atoms with Crippen LogP contribution in [0.25, 0.3) is 0 Å². The van der Waals surface area contributed by atoms with Gasteiger partial charge in [-0.2, -0.15) is 8.42 Å². The van der Waals surface area contributed by atoms with E-state index >= 15 is 0 Å². The summed E-state index contributed by atoms with van der Waals surface area (Å²) in [4.78, 5) is 34.9. The van der Waals surface area contributed by atoms with Crippen molar-refractivity contribution in [1.29, 1.82) is 0 Å². The van der Waals surface area contributed by atoms with Crippen LogP contribution in [0.2, 0.25) is 0 Å². The number of amides is 4. The third-order valence-corrected chi connectivity index (χ3v) is 4.12. The summed E-state index contributed by atoms with van der Waals surface area (Å²) in [7, 11) is -4.54. The number of carbonyl (C=O) groups is 3. The minimum Gasteiger partial charge on any atom is -0.285 e. The second-order valence-corrected chi connectivity index (χ2v) is 6.05. The molecule has 0 bridgehead atoms. The second-order valence-electron chi connectivity index (χ2n) is 4.45. The summed E-state index contributed by atoms with van der Waals surface area (Å²) in [5, 5.41) is 0.448. The summed E-state index contributed by atoms with van der Waals surface area (Å²) < 4.78 is 32.3. The van der Waals surface area contributed by atoms with Crippen molar-refractivity contribution in [1.82, 2.24) is 10.2 Å². The number of urea groups is 1. The van der Waals surface area contributed by atoms with Gasteiger partial charge in [0.25, 0.3) is 10.1 Å². The monoisotopic (exact) mass is 312 g/mol. The first-order chi connectivity index (χ1) is 9.79. The van der Waals surface area contributed by atoms with E-state index in [0.717, 1.165) is 0 Å². The maximum Gasteiger partial charge on any atom is 0.330 e. The fraction of sp³-hybridized carbons (Fsp3) is 0.250. The maximum atomic E-state index is 11.7. The van der Waals surface area contributed by atoms with Gasteiger partial charge in [-0.15, -0.1) is 0 Å². The Labute approximate surface area is 120 Å². The van der Waals surface area contributed by atoms with Crippen LogP contribution in [0.1, 0.15) is 17.2 Å². The summed E-state index contributed by atoms with van der Waals surface area (Å²) in [6.45, 7) is -0.569. The molecule has 1 heterocycles. The van der Waals surface area contributed by atoms with Crippen LogP contribution in [0.5, 0.6) is 0 Å². The van der Waals surface area contributed by atoms with Gasteiger partial charge in [-0.3, -0.25) is 24.4 Å². The number of carbonyl (C=O) groups excluding carboxylic acids is 3. The average molecular weight is 312 g/mol. The molecular formula is C12H12N2O6S. The largest absolute Gasteiger partial charge is 0.330 e. The van der Waals surface area contributed by atoms with Crippen molar-refractivity contribution in [2.24, 2.45) is 0 Å². The van der Waals surface area contributed by atoms with Crippen molar-refractivity contribution in [3.8, 4) is 0 Å². The van der Waals surface area contributed by atoms with E-state index in [1.807, 2.05) is 5.32 Å². The van der Waals surface area contributed by atoms with Gasteiger partial charge >= 0.3 is 6.03 Å². The topological polar surface area (TPSA) is 121 Å². The molecule has 0 radical (unpaired) electrons. The Hall–Kier alpha value is -2.26. The van der Waals surface area contributed by atoms with Gasteiger partial charge in [0, 0.05) is 0 Å². The summed E-state index contributed by atoms with van der Waals surface area (Å²) in [5.41, 5.74) is 0.234. The molecule has 4 amide bonds. The fourth-order valence-electron chi connectivity index (χ4n) is 1.97. The normalized spacial score (nSPS) is 17.6. The first-order valence-electron chi connectivity index (χ1n) is 5.94. The molecule has 1 aliphatic heterocycles. The Morgan fingerprint density at radius 1 is 1.19 bits per heavy atom. The van der Waals surface area contributed by atoms with Crippen LogP contribution < -0.4 is 5.32 Å². The zero-order chi connectivity index (χ0) is 15.6. The zero-order valence-corrected chi connectivity index (χ0v) is 11.5. The smallest absolute Gasteiger partial charge is 0.285 e. The van der Waals surface area contributed by atoms with E-state index < -0.39 is 46.2 Å². The molecule has 9 heteroatoms. The van der Waals surface area contributed by atoms with Crippen molar-refractivity contribution in [2.75, 3.05) is 6.54 Å². The molecule has 21 heavy (non-hydrogen) atoms. The van der Waals surface area contributed by atoms with E-state index in [9.17, 15) is 27.4 Å². The predicted molar refractivity (Wildman–Crippen MR) is 70.6 cm³/mol. The molecule has 1 fully saturated rings. The molecule has 1 aromatic rings. The standard InChI is InChI=1S/C12H12N2O6S/c15-10-6-11(16)14(12(17)13-10)7-9(21(18,19)20)8-4-2-1-3-5-8/h1-5,9H,6-7H2,(H,13,15,17)(H,18,19,20). The molecule has 8 nitrogen and oxygen atoms in total. The molecule has 1 unspecified atom stereocenters. The van der Waals surface area contributed by atoms with Crippen LogP contribution in [0.15, 0.2) is 30.3 Å². The lowest BCUT2D eigenvalue weighted by molar-refractivity contribution is -0.136. The lowest BCUT2D eigenvalue weighted by Gasteiger charge is -2.27. The lowest BCUT2D eigenvalue weighted by Crippen LogP contribution is -2.54. The number of nitrogens with one attached hydrogen (secondary N) is 1. The molecular weight excluding hydrogens is 300 g/mol. The third-order valence-electron chi connectivity index (χ3n) is 2.98. The highest BCUT2D eigenvalue weighted by molar-refractivity contribution is 7.86. The van der Waals surface area contributed by atoms with E-state index in [1.165, 1.54) is 12.1 Å². The van der Waals surface area contributed by atoms with Crippen molar-refractivity contribution >= 4 is 28.0 Å².